The predicted molar refractivity (Wildman–Crippen MR) is 74.1 cm³/mol. The molecule has 0 aliphatic heterocycles. The van der Waals surface area contributed by atoms with Gasteiger partial charge in [0, 0.05) is 23.5 Å². The molecule has 1 aliphatic carbocycles. The van der Waals surface area contributed by atoms with Gasteiger partial charge in [-0.05, 0) is 44.0 Å². The van der Waals surface area contributed by atoms with Crippen molar-refractivity contribution in [2.45, 2.75) is 31.8 Å². The summed E-state index contributed by atoms with van der Waals surface area (Å²) in [5, 5.41) is 3.36. The molecule has 1 aromatic carbocycles. The van der Waals surface area contributed by atoms with E-state index in [1.807, 2.05) is 12.1 Å². The zero-order chi connectivity index (χ0) is 13.2. The van der Waals surface area contributed by atoms with Gasteiger partial charge in [-0.15, -0.1) is 0 Å². The third kappa shape index (κ3) is 3.36. The minimum Gasteiger partial charge on any atom is -0.382 e. The van der Waals surface area contributed by atoms with Gasteiger partial charge in [-0.3, -0.25) is 4.72 Å². The van der Waals surface area contributed by atoms with Crippen molar-refractivity contribution in [3.05, 3.63) is 24.3 Å². The van der Waals surface area contributed by atoms with E-state index in [9.17, 15) is 8.42 Å². The molecule has 5 nitrogen and oxygen atoms in total. The lowest BCUT2D eigenvalue weighted by molar-refractivity contribution is 0.373. The van der Waals surface area contributed by atoms with E-state index in [4.69, 9.17) is 5.73 Å². The van der Waals surface area contributed by atoms with Crippen molar-refractivity contribution in [2.24, 2.45) is 5.73 Å². The molecule has 0 spiro atoms. The van der Waals surface area contributed by atoms with Gasteiger partial charge in [0.05, 0.1) is 5.75 Å². The molecule has 0 radical (unpaired) electrons. The maximum atomic E-state index is 11.4. The average Bonchev–Trinajstić information content (AvgIpc) is 2.29. The molecule has 1 aromatic rings. The molecule has 6 heteroatoms. The van der Waals surface area contributed by atoms with Crippen LogP contribution in [0.4, 0.5) is 11.4 Å². The zero-order valence-electron chi connectivity index (χ0n) is 10.4. The summed E-state index contributed by atoms with van der Waals surface area (Å²) in [6.07, 6.45) is 1.98. The molecule has 1 saturated carbocycles. The van der Waals surface area contributed by atoms with Gasteiger partial charge >= 0.3 is 0 Å². The minimum absolute atomic E-state index is 0.0764. The van der Waals surface area contributed by atoms with Gasteiger partial charge in [0.25, 0.3) is 0 Å². The van der Waals surface area contributed by atoms with E-state index in [1.54, 1.807) is 19.1 Å². The predicted octanol–water partition coefficient (Wildman–Crippen LogP) is 1.35. The highest BCUT2D eigenvalue weighted by molar-refractivity contribution is 7.92. The highest BCUT2D eigenvalue weighted by Gasteiger charge is 2.25. The first-order chi connectivity index (χ1) is 8.48. The summed E-state index contributed by atoms with van der Waals surface area (Å²) in [7, 11) is -3.20. The Labute approximate surface area is 108 Å². The Morgan fingerprint density at radius 1 is 1.22 bits per heavy atom. The molecule has 2 rings (SSSR count). The molecule has 1 fully saturated rings. The fraction of sp³-hybridized carbons (Fsp3) is 0.500. The van der Waals surface area contributed by atoms with Gasteiger partial charge in [0.15, 0.2) is 0 Å². The van der Waals surface area contributed by atoms with Gasteiger partial charge in [-0.1, -0.05) is 0 Å². The Bertz CT molecular complexity index is 493. The van der Waals surface area contributed by atoms with Crippen LogP contribution >= 0.6 is 0 Å². The van der Waals surface area contributed by atoms with E-state index in [-0.39, 0.29) is 5.75 Å². The fourth-order valence-corrected chi connectivity index (χ4v) is 2.54. The molecule has 0 bridgehead atoms. The van der Waals surface area contributed by atoms with Crippen LogP contribution in [0.1, 0.15) is 19.8 Å². The number of benzene rings is 1. The Hall–Kier alpha value is -1.27. The smallest absolute Gasteiger partial charge is 0.232 e. The van der Waals surface area contributed by atoms with E-state index in [0.717, 1.165) is 18.5 Å². The van der Waals surface area contributed by atoms with Crippen LogP contribution in [0.3, 0.4) is 0 Å². The van der Waals surface area contributed by atoms with Crippen LogP contribution in [0.25, 0.3) is 0 Å². The van der Waals surface area contributed by atoms with E-state index in [1.165, 1.54) is 0 Å². The number of rotatable bonds is 5. The molecule has 0 atom stereocenters. The van der Waals surface area contributed by atoms with Crippen molar-refractivity contribution >= 4 is 21.4 Å². The third-order valence-electron chi connectivity index (χ3n) is 3.08. The Morgan fingerprint density at radius 2 is 1.78 bits per heavy atom. The molecular formula is C12H19N3O2S. The normalized spacial score (nSPS) is 23.2. The maximum absolute atomic E-state index is 11.4. The van der Waals surface area contributed by atoms with E-state index >= 15 is 0 Å². The number of nitrogens with one attached hydrogen (secondary N) is 2. The maximum Gasteiger partial charge on any atom is 0.232 e. The Kier molecular flexibility index (Phi) is 3.77. The van der Waals surface area contributed by atoms with Crippen LogP contribution in [0, 0.1) is 0 Å². The molecule has 0 saturated heterocycles. The first-order valence-electron chi connectivity index (χ1n) is 6.11. The first-order valence-corrected chi connectivity index (χ1v) is 7.76. The molecule has 100 valence electrons. The quantitative estimate of drug-likeness (QED) is 0.753. The summed E-state index contributed by atoms with van der Waals surface area (Å²) < 4.78 is 25.3. The number of hydrogen-bond donors (Lipinski definition) is 3. The second-order valence-corrected chi connectivity index (χ2v) is 6.67. The monoisotopic (exact) mass is 269 g/mol. The Balaban J connectivity index is 1.93. The number of hydrogen-bond acceptors (Lipinski definition) is 4. The van der Waals surface area contributed by atoms with E-state index in [0.29, 0.717) is 17.8 Å². The number of anilines is 2. The summed E-state index contributed by atoms with van der Waals surface area (Å²) in [5.74, 6) is 0.0764. The second-order valence-electron chi connectivity index (χ2n) is 4.66. The van der Waals surface area contributed by atoms with Crippen molar-refractivity contribution in [3.8, 4) is 0 Å². The molecule has 4 N–H and O–H groups in total. The van der Waals surface area contributed by atoms with Gasteiger partial charge < -0.3 is 11.1 Å². The fourth-order valence-electron chi connectivity index (χ4n) is 1.90. The van der Waals surface area contributed by atoms with Crippen molar-refractivity contribution in [1.29, 1.82) is 0 Å². The van der Waals surface area contributed by atoms with Crippen molar-refractivity contribution in [1.82, 2.24) is 0 Å². The highest BCUT2D eigenvalue weighted by atomic mass is 32.2. The summed E-state index contributed by atoms with van der Waals surface area (Å²) in [4.78, 5) is 0. The summed E-state index contributed by atoms with van der Waals surface area (Å²) in [6.45, 7) is 1.61. The van der Waals surface area contributed by atoms with Crippen LogP contribution in [0.2, 0.25) is 0 Å². The van der Waals surface area contributed by atoms with Crippen LogP contribution in [-0.4, -0.2) is 26.3 Å². The first kappa shape index (κ1) is 13.2. The van der Waals surface area contributed by atoms with Gasteiger partial charge in [0.1, 0.15) is 0 Å². The molecule has 18 heavy (non-hydrogen) atoms. The topological polar surface area (TPSA) is 84.2 Å². The van der Waals surface area contributed by atoms with Crippen LogP contribution < -0.4 is 15.8 Å². The average molecular weight is 269 g/mol. The van der Waals surface area contributed by atoms with Gasteiger partial charge in [-0.25, -0.2) is 8.42 Å². The molecular weight excluding hydrogens is 250 g/mol. The van der Waals surface area contributed by atoms with Gasteiger partial charge in [0.2, 0.25) is 10.0 Å². The minimum atomic E-state index is -3.20. The molecule has 0 aromatic heterocycles. The largest absolute Gasteiger partial charge is 0.382 e. The molecule has 1 aliphatic rings. The van der Waals surface area contributed by atoms with Crippen LogP contribution in [0.5, 0.6) is 0 Å². The summed E-state index contributed by atoms with van der Waals surface area (Å²) in [6, 6.07) is 8.02. The second kappa shape index (κ2) is 5.16. The van der Waals surface area contributed by atoms with Crippen molar-refractivity contribution in [2.75, 3.05) is 15.8 Å². The SMILES string of the molecule is CCS(=O)(=O)Nc1ccc(NC2CC(N)C2)cc1. The Morgan fingerprint density at radius 3 is 2.28 bits per heavy atom. The van der Waals surface area contributed by atoms with Crippen LogP contribution in [-0.2, 0) is 10.0 Å². The van der Waals surface area contributed by atoms with E-state index < -0.39 is 10.0 Å². The summed E-state index contributed by atoms with van der Waals surface area (Å²) >= 11 is 0. The number of sulfonamides is 1. The van der Waals surface area contributed by atoms with E-state index in [2.05, 4.69) is 10.0 Å². The lowest BCUT2D eigenvalue weighted by Gasteiger charge is -2.33. The lowest BCUT2D eigenvalue weighted by atomic mass is 9.87. The van der Waals surface area contributed by atoms with Crippen molar-refractivity contribution < 1.29 is 8.42 Å². The summed E-state index contributed by atoms with van der Waals surface area (Å²) in [5.41, 5.74) is 7.30. The number of nitrogens with two attached hydrogens (primary N) is 1. The molecule has 0 unspecified atom stereocenters. The highest BCUT2D eigenvalue weighted by Crippen LogP contribution is 2.23. The van der Waals surface area contributed by atoms with Crippen molar-refractivity contribution in [3.63, 3.8) is 0 Å². The lowest BCUT2D eigenvalue weighted by Crippen LogP contribution is -2.44. The molecule has 0 heterocycles. The zero-order valence-corrected chi connectivity index (χ0v) is 11.2. The van der Waals surface area contributed by atoms with Crippen LogP contribution in [0.15, 0.2) is 24.3 Å². The van der Waals surface area contributed by atoms with Gasteiger partial charge in [-0.2, -0.15) is 0 Å². The third-order valence-corrected chi connectivity index (χ3v) is 4.39. The standard InChI is InChI=1S/C12H19N3O2S/c1-2-18(16,17)15-11-5-3-10(4-6-11)14-12-7-9(13)8-12/h3-6,9,12,14-15H,2,7-8,13H2,1H3. The molecule has 0 amide bonds.